The Morgan fingerprint density at radius 3 is 2.58 bits per heavy atom. The number of aromatic nitrogens is 2. The van der Waals surface area contributed by atoms with Gasteiger partial charge in [0.2, 0.25) is 0 Å². The number of pyridine rings is 1. The Balaban J connectivity index is 1.53. The molecule has 4 aromatic rings. The van der Waals surface area contributed by atoms with Crippen LogP contribution in [0.15, 0.2) is 79.1 Å². The summed E-state index contributed by atoms with van der Waals surface area (Å²) in [6.45, 7) is 0.449. The average Bonchev–Trinajstić information content (AvgIpc) is 3.11. The molecule has 0 fully saturated rings. The summed E-state index contributed by atoms with van der Waals surface area (Å²) in [5.74, 6) is -0.133. The topological polar surface area (TPSA) is 46.4 Å². The molecule has 128 valence electrons. The van der Waals surface area contributed by atoms with E-state index in [0.29, 0.717) is 17.1 Å². The minimum Gasteiger partial charge on any atom is -0.348 e. The molecule has 0 unspecified atom stereocenters. The lowest BCUT2D eigenvalue weighted by Crippen LogP contribution is -2.22. The number of nitrogens with one attached hydrogen (secondary N) is 1. The molecule has 0 atom stereocenters. The molecule has 5 heteroatoms. The van der Waals surface area contributed by atoms with E-state index in [4.69, 9.17) is 11.6 Å². The zero-order chi connectivity index (χ0) is 17.9. The van der Waals surface area contributed by atoms with Gasteiger partial charge in [0.1, 0.15) is 5.65 Å². The van der Waals surface area contributed by atoms with Gasteiger partial charge in [-0.2, -0.15) is 0 Å². The fraction of sp³-hybridized carbons (Fsp3) is 0.0476. The van der Waals surface area contributed by atoms with E-state index in [1.54, 1.807) is 12.1 Å². The molecule has 0 aliphatic heterocycles. The number of benzene rings is 2. The predicted molar refractivity (Wildman–Crippen MR) is 103 cm³/mol. The van der Waals surface area contributed by atoms with E-state index in [0.717, 1.165) is 22.5 Å². The molecule has 0 aliphatic rings. The molecule has 1 N–H and O–H groups in total. The molecule has 2 aromatic carbocycles. The van der Waals surface area contributed by atoms with Crippen molar-refractivity contribution in [3.8, 4) is 11.3 Å². The van der Waals surface area contributed by atoms with Gasteiger partial charge in [0.15, 0.2) is 0 Å². The van der Waals surface area contributed by atoms with E-state index in [2.05, 4.69) is 10.3 Å². The number of amides is 1. The van der Waals surface area contributed by atoms with E-state index in [1.807, 2.05) is 71.4 Å². The van der Waals surface area contributed by atoms with Gasteiger partial charge in [-0.3, -0.25) is 4.79 Å². The molecule has 4 rings (SSSR count). The number of imidazole rings is 1. The van der Waals surface area contributed by atoms with E-state index in [-0.39, 0.29) is 5.91 Å². The van der Waals surface area contributed by atoms with Crippen LogP contribution in [0.25, 0.3) is 16.9 Å². The maximum atomic E-state index is 12.4. The van der Waals surface area contributed by atoms with Gasteiger partial charge < -0.3 is 9.72 Å². The molecule has 1 amide bonds. The molecule has 0 bridgehead atoms. The first-order chi connectivity index (χ1) is 12.7. The highest BCUT2D eigenvalue weighted by Gasteiger charge is 2.09. The third-order valence-corrected chi connectivity index (χ3v) is 4.41. The Labute approximate surface area is 156 Å². The summed E-state index contributed by atoms with van der Waals surface area (Å²) in [6.07, 6.45) is 3.81. The molecule has 0 radical (unpaired) electrons. The van der Waals surface area contributed by atoms with Crippen LogP contribution in [0.1, 0.15) is 15.9 Å². The molecular formula is C21H16ClN3O. The van der Waals surface area contributed by atoms with Crippen LogP contribution in [0, 0.1) is 0 Å². The highest BCUT2D eigenvalue weighted by Crippen LogP contribution is 2.19. The molecule has 0 spiro atoms. The van der Waals surface area contributed by atoms with Crippen LogP contribution in [-0.2, 0) is 6.54 Å². The summed E-state index contributed by atoms with van der Waals surface area (Å²) in [7, 11) is 0. The monoisotopic (exact) mass is 361 g/mol. The third-order valence-electron chi connectivity index (χ3n) is 4.16. The number of halogens is 1. The van der Waals surface area contributed by atoms with E-state index >= 15 is 0 Å². The molecule has 2 aromatic heterocycles. The van der Waals surface area contributed by atoms with Crippen molar-refractivity contribution in [2.45, 2.75) is 6.54 Å². The molecule has 26 heavy (non-hydrogen) atoms. The van der Waals surface area contributed by atoms with Crippen LogP contribution < -0.4 is 5.32 Å². The molecule has 2 heterocycles. The third kappa shape index (κ3) is 3.46. The normalized spacial score (nSPS) is 10.8. The Hall–Kier alpha value is -3.11. The second-order valence-corrected chi connectivity index (χ2v) is 6.42. The van der Waals surface area contributed by atoms with Gasteiger partial charge >= 0.3 is 0 Å². The number of hydrogen-bond acceptors (Lipinski definition) is 2. The van der Waals surface area contributed by atoms with Crippen LogP contribution in [0.2, 0.25) is 5.02 Å². The van der Waals surface area contributed by atoms with E-state index in [1.165, 1.54) is 0 Å². The summed E-state index contributed by atoms with van der Waals surface area (Å²) < 4.78 is 1.91. The Morgan fingerprint density at radius 1 is 1.04 bits per heavy atom. The van der Waals surface area contributed by atoms with Crippen molar-refractivity contribution in [2.24, 2.45) is 0 Å². The van der Waals surface area contributed by atoms with Crippen molar-refractivity contribution in [1.82, 2.24) is 14.7 Å². The van der Waals surface area contributed by atoms with Crippen LogP contribution >= 0.6 is 11.6 Å². The van der Waals surface area contributed by atoms with Gasteiger partial charge in [-0.05, 0) is 29.8 Å². The first kappa shape index (κ1) is 16.4. The van der Waals surface area contributed by atoms with Crippen molar-refractivity contribution >= 4 is 23.2 Å². The Morgan fingerprint density at radius 2 is 1.81 bits per heavy atom. The van der Waals surface area contributed by atoms with Crippen molar-refractivity contribution in [3.05, 3.63) is 95.3 Å². The van der Waals surface area contributed by atoms with Crippen molar-refractivity contribution in [1.29, 1.82) is 0 Å². The Bertz CT molecular complexity index is 1060. The van der Waals surface area contributed by atoms with Crippen LogP contribution in [0.5, 0.6) is 0 Å². The van der Waals surface area contributed by atoms with Crippen LogP contribution in [0.4, 0.5) is 0 Å². The minimum atomic E-state index is -0.133. The van der Waals surface area contributed by atoms with Gasteiger partial charge in [0.05, 0.1) is 5.69 Å². The first-order valence-electron chi connectivity index (χ1n) is 8.26. The second kappa shape index (κ2) is 7.02. The number of carbonyl (C=O) groups excluding carboxylic acids is 1. The smallest absolute Gasteiger partial charge is 0.251 e. The summed E-state index contributed by atoms with van der Waals surface area (Å²) in [6, 6.07) is 21.0. The van der Waals surface area contributed by atoms with E-state index < -0.39 is 0 Å². The van der Waals surface area contributed by atoms with Gasteiger partial charge in [-0.25, -0.2) is 4.98 Å². The maximum Gasteiger partial charge on any atom is 0.251 e. The molecular weight excluding hydrogens is 346 g/mol. The predicted octanol–water partition coefficient (Wildman–Crippen LogP) is 4.58. The standard InChI is InChI=1S/C21H16ClN3O/c22-18-8-6-15(7-9-18)13-23-21(26)17-10-11-25-14-19(24-20(25)12-17)16-4-2-1-3-5-16/h1-12,14H,13H2,(H,23,26). The lowest BCUT2D eigenvalue weighted by atomic mass is 10.2. The van der Waals surface area contributed by atoms with Gasteiger partial charge in [-0.1, -0.05) is 54.1 Å². The summed E-state index contributed by atoms with van der Waals surface area (Å²) in [5.41, 5.74) is 4.24. The molecule has 0 aliphatic carbocycles. The average molecular weight is 362 g/mol. The van der Waals surface area contributed by atoms with Gasteiger partial charge in [0.25, 0.3) is 5.91 Å². The maximum absolute atomic E-state index is 12.4. The largest absolute Gasteiger partial charge is 0.348 e. The van der Waals surface area contributed by atoms with Crippen LogP contribution in [0.3, 0.4) is 0 Å². The lowest BCUT2D eigenvalue weighted by molar-refractivity contribution is 0.0951. The lowest BCUT2D eigenvalue weighted by Gasteiger charge is -2.06. The van der Waals surface area contributed by atoms with E-state index in [9.17, 15) is 4.79 Å². The number of fused-ring (bicyclic) bond motifs is 1. The summed E-state index contributed by atoms with van der Waals surface area (Å²) in [4.78, 5) is 17.1. The Kier molecular flexibility index (Phi) is 4.42. The zero-order valence-corrected chi connectivity index (χ0v) is 14.6. The summed E-state index contributed by atoms with van der Waals surface area (Å²) in [5, 5.41) is 3.60. The number of hydrogen-bond donors (Lipinski definition) is 1. The molecule has 4 nitrogen and oxygen atoms in total. The van der Waals surface area contributed by atoms with Crippen molar-refractivity contribution in [2.75, 3.05) is 0 Å². The fourth-order valence-electron chi connectivity index (χ4n) is 2.76. The zero-order valence-electron chi connectivity index (χ0n) is 13.9. The van der Waals surface area contributed by atoms with Crippen LogP contribution in [-0.4, -0.2) is 15.3 Å². The number of rotatable bonds is 4. The molecule has 0 saturated carbocycles. The quantitative estimate of drug-likeness (QED) is 0.578. The van der Waals surface area contributed by atoms with Crippen molar-refractivity contribution in [3.63, 3.8) is 0 Å². The summed E-state index contributed by atoms with van der Waals surface area (Å²) >= 11 is 5.88. The number of nitrogens with zero attached hydrogens (tertiary/aromatic N) is 2. The highest BCUT2D eigenvalue weighted by molar-refractivity contribution is 6.30. The van der Waals surface area contributed by atoms with Gasteiger partial charge in [0, 0.05) is 35.1 Å². The van der Waals surface area contributed by atoms with Gasteiger partial charge in [-0.15, -0.1) is 0 Å². The second-order valence-electron chi connectivity index (χ2n) is 5.98. The number of carbonyl (C=O) groups is 1. The first-order valence-corrected chi connectivity index (χ1v) is 8.64. The SMILES string of the molecule is O=C(NCc1ccc(Cl)cc1)c1ccn2cc(-c3ccccc3)nc2c1. The highest BCUT2D eigenvalue weighted by atomic mass is 35.5. The van der Waals surface area contributed by atoms with Crippen molar-refractivity contribution < 1.29 is 4.79 Å². The minimum absolute atomic E-state index is 0.133. The fourth-order valence-corrected chi connectivity index (χ4v) is 2.88. The molecule has 0 saturated heterocycles.